The summed E-state index contributed by atoms with van der Waals surface area (Å²) in [5, 5.41) is 0. The largest absolute Gasteiger partial charge is 0.459 e. The van der Waals surface area contributed by atoms with Gasteiger partial charge in [-0.05, 0) is 118 Å². The van der Waals surface area contributed by atoms with E-state index in [0.717, 1.165) is 103 Å². The van der Waals surface area contributed by atoms with Crippen LogP contribution in [0, 0.1) is 23.2 Å². The Bertz CT molecular complexity index is 1430. The molecular weight excluding hydrogens is 753 g/mol. The summed E-state index contributed by atoms with van der Waals surface area (Å²) in [6.07, 6.45) is 21.6. The second-order valence-corrected chi connectivity index (χ2v) is 19.3. The van der Waals surface area contributed by atoms with Gasteiger partial charge in [-0.25, -0.2) is 22.4 Å². The maximum Gasteiger partial charge on any atom is 0.330 e. The minimum absolute atomic E-state index is 0.0453. The molecule has 324 valence electrons. The predicted octanol–water partition coefficient (Wildman–Crippen LogP) is 13.2. The number of alkyl halides is 4. The van der Waals surface area contributed by atoms with Crippen LogP contribution < -0.4 is 4.74 Å². The van der Waals surface area contributed by atoms with Crippen molar-refractivity contribution < 1.29 is 40.8 Å². The molecule has 2 saturated carbocycles. The normalized spacial score (nSPS) is 24.9. The Balaban J connectivity index is 1.29. The van der Waals surface area contributed by atoms with Crippen molar-refractivity contribution in [3.63, 3.8) is 0 Å². The summed E-state index contributed by atoms with van der Waals surface area (Å²) in [5.41, 5.74) is 2.66. The van der Waals surface area contributed by atoms with Crippen molar-refractivity contribution >= 4 is 22.7 Å². The zero-order valence-corrected chi connectivity index (χ0v) is 36.0. The van der Waals surface area contributed by atoms with Gasteiger partial charge in [-0.1, -0.05) is 104 Å². The Morgan fingerprint density at radius 1 is 0.895 bits per heavy atom. The molecule has 0 aromatic heterocycles. The van der Waals surface area contributed by atoms with Crippen LogP contribution in [-0.4, -0.2) is 46.1 Å². The van der Waals surface area contributed by atoms with Crippen LogP contribution in [0.25, 0.3) is 0 Å². The lowest BCUT2D eigenvalue weighted by molar-refractivity contribution is -0.152. The number of hydrogen-bond acceptors (Lipinski definition) is 5. The minimum Gasteiger partial charge on any atom is -0.459 e. The van der Waals surface area contributed by atoms with Gasteiger partial charge < -0.3 is 9.47 Å². The molecule has 2 fully saturated rings. The molecule has 0 bridgehead atoms. The number of unbranched alkanes of at least 4 members (excludes halogenated alkanes) is 12. The number of rotatable bonds is 27. The molecule has 7 atom stereocenters. The first-order valence-electron chi connectivity index (χ1n) is 22.6. The molecule has 3 aliphatic carbocycles. The number of benzene rings is 1. The van der Waals surface area contributed by atoms with E-state index in [4.69, 9.17) is 9.47 Å². The van der Waals surface area contributed by atoms with E-state index in [0.29, 0.717) is 41.6 Å². The predicted molar refractivity (Wildman–Crippen MR) is 222 cm³/mol. The highest BCUT2D eigenvalue weighted by Crippen LogP contribution is 2.63. The molecule has 57 heavy (non-hydrogen) atoms. The minimum atomic E-state index is -4.00. The van der Waals surface area contributed by atoms with Crippen LogP contribution in [0.4, 0.5) is 17.6 Å². The summed E-state index contributed by atoms with van der Waals surface area (Å²) in [6, 6.07) is 6.30. The van der Waals surface area contributed by atoms with Gasteiger partial charge in [0.2, 0.25) is 0 Å². The van der Waals surface area contributed by atoms with E-state index in [1.165, 1.54) is 43.2 Å². The fourth-order valence-electron chi connectivity index (χ4n) is 10.3. The van der Waals surface area contributed by atoms with E-state index in [1.807, 2.05) is 19.1 Å². The summed E-state index contributed by atoms with van der Waals surface area (Å²) >= 11 is 0. The Kier molecular flexibility index (Phi) is 20.1. The zero-order valence-electron chi connectivity index (χ0n) is 35.2. The number of fused-ring (bicyclic) bond motifs is 5. The summed E-state index contributed by atoms with van der Waals surface area (Å²) in [5.74, 6) is -1.35. The second-order valence-electron chi connectivity index (χ2n) is 17.6. The molecule has 1 aromatic carbocycles. The van der Waals surface area contributed by atoms with Crippen molar-refractivity contribution in [2.75, 3.05) is 11.5 Å². The Hall–Kier alpha value is -2.23. The number of carbonyl (C=O) groups is 2. The topological polar surface area (TPSA) is 69.7 Å². The van der Waals surface area contributed by atoms with Crippen molar-refractivity contribution in [2.45, 2.75) is 199 Å². The van der Waals surface area contributed by atoms with E-state index in [2.05, 4.69) is 26.0 Å². The molecule has 3 aliphatic rings. The monoisotopic (exact) mass is 825 g/mol. The molecule has 7 unspecified atom stereocenters. The highest BCUT2D eigenvalue weighted by atomic mass is 32.2. The Labute approximate surface area is 343 Å². The van der Waals surface area contributed by atoms with Crippen molar-refractivity contribution in [3.8, 4) is 5.75 Å². The third kappa shape index (κ3) is 14.5. The van der Waals surface area contributed by atoms with Gasteiger partial charge in [0.05, 0.1) is 0 Å². The van der Waals surface area contributed by atoms with Crippen LogP contribution >= 0.6 is 0 Å². The number of halogens is 4. The van der Waals surface area contributed by atoms with Crippen LogP contribution in [0.5, 0.6) is 5.75 Å². The molecule has 10 heteroatoms. The first-order valence-corrected chi connectivity index (χ1v) is 24.1. The van der Waals surface area contributed by atoms with Crippen molar-refractivity contribution in [1.29, 1.82) is 0 Å². The van der Waals surface area contributed by atoms with Crippen molar-refractivity contribution in [1.82, 2.24) is 0 Å². The second kappa shape index (κ2) is 24.1. The highest BCUT2D eigenvalue weighted by molar-refractivity contribution is 7.84. The number of carbonyl (C=O) groups excluding carboxylic acids is 2. The van der Waals surface area contributed by atoms with E-state index >= 15 is 0 Å². The number of hydrogen-bond donors (Lipinski definition) is 0. The lowest BCUT2D eigenvalue weighted by atomic mass is 9.52. The van der Waals surface area contributed by atoms with Crippen molar-refractivity contribution in [2.24, 2.45) is 23.2 Å². The Morgan fingerprint density at radius 2 is 1.58 bits per heavy atom. The number of allylic oxidation sites excluding steroid dienone is 1. The van der Waals surface area contributed by atoms with Gasteiger partial charge in [0.15, 0.2) is 0 Å². The quantitative estimate of drug-likeness (QED) is 0.0291. The number of ether oxygens (including phenoxy) is 2. The summed E-state index contributed by atoms with van der Waals surface area (Å²) in [6.45, 7) is 6.58. The van der Waals surface area contributed by atoms with Crippen LogP contribution in [0.3, 0.4) is 0 Å². The first kappa shape index (κ1) is 47.4. The van der Waals surface area contributed by atoms with Gasteiger partial charge in [-0.15, -0.1) is 0 Å². The van der Waals surface area contributed by atoms with E-state index < -0.39 is 29.6 Å². The third-order valence-corrected chi connectivity index (χ3v) is 14.8. The van der Waals surface area contributed by atoms with Crippen LogP contribution in [-0.2, 0) is 31.5 Å². The fourth-order valence-corrected chi connectivity index (χ4v) is 11.5. The lowest BCUT2D eigenvalue weighted by Gasteiger charge is -2.53. The van der Waals surface area contributed by atoms with Crippen LogP contribution in [0.2, 0.25) is 0 Å². The molecule has 0 N–H and O–H groups in total. The molecule has 0 spiro atoms. The fraction of sp³-hybridized carbons (Fsp3) is 0.787. The van der Waals surface area contributed by atoms with E-state index in [9.17, 15) is 31.4 Å². The molecule has 0 radical (unpaired) electrons. The lowest BCUT2D eigenvalue weighted by Crippen LogP contribution is -2.48. The van der Waals surface area contributed by atoms with Gasteiger partial charge in [0.25, 0.3) is 0 Å². The SMILES string of the molecule is CCCCCCCC/C=C/C(=O)OC1CCC2C3C(CCCCCCCCCS(=O)CCCC(F)(F)C(F)F)Cc4cc(OC(=O)CCC)ccc4C3CCC12C. The molecule has 0 saturated heterocycles. The molecule has 1 aromatic rings. The maximum atomic E-state index is 13.1. The zero-order chi connectivity index (χ0) is 41.3. The molecule has 5 nitrogen and oxygen atoms in total. The maximum absolute atomic E-state index is 13.1. The number of esters is 2. The summed E-state index contributed by atoms with van der Waals surface area (Å²) < 4.78 is 75.1. The first-order chi connectivity index (χ1) is 27.4. The Morgan fingerprint density at radius 3 is 2.30 bits per heavy atom. The standard InChI is InChI=1S/C47H72F4O5S/c1-4-6-7-8-9-12-15-18-23-43(53)56-41-27-26-40-44-35(22-17-14-11-10-13-16-19-31-57(54)32-20-29-47(50,51)45(48)49)33-36-34-37(55-42(52)21-5-2)24-25-38(36)39(44)28-30-46(40,41)3/h18,23-25,34-35,39-41,44-45H,4-17,19-22,26-33H2,1-3H3/b23-18+. The van der Waals surface area contributed by atoms with Gasteiger partial charge in [0, 0.05) is 46.6 Å². The molecule has 0 heterocycles. The molecule has 0 amide bonds. The van der Waals surface area contributed by atoms with E-state index in [-0.39, 0.29) is 35.6 Å². The third-order valence-electron chi connectivity index (χ3n) is 13.4. The van der Waals surface area contributed by atoms with Crippen LogP contribution in [0.1, 0.15) is 185 Å². The van der Waals surface area contributed by atoms with Crippen LogP contribution in [0.15, 0.2) is 30.4 Å². The van der Waals surface area contributed by atoms with Gasteiger partial charge >= 0.3 is 24.3 Å². The summed E-state index contributed by atoms with van der Waals surface area (Å²) in [7, 11) is -1.25. The highest BCUT2D eigenvalue weighted by Gasteiger charge is 2.58. The van der Waals surface area contributed by atoms with E-state index in [1.54, 1.807) is 6.08 Å². The van der Waals surface area contributed by atoms with Gasteiger partial charge in [-0.2, -0.15) is 0 Å². The molecular formula is C47H72F4O5S. The molecule has 4 rings (SSSR count). The average Bonchev–Trinajstić information content (AvgIpc) is 3.50. The van der Waals surface area contributed by atoms with Gasteiger partial charge in [-0.3, -0.25) is 9.00 Å². The summed E-state index contributed by atoms with van der Waals surface area (Å²) in [4.78, 5) is 25.4. The van der Waals surface area contributed by atoms with Crippen molar-refractivity contribution in [3.05, 3.63) is 41.5 Å². The molecule has 0 aliphatic heterocycles. The smallest absolute Gasteiger partial charge is 0.330 e. The average molecular weight is 825 g/mol. The van der Waals surface area contributed by atoms with Gasteiger partial charge in [0.1, 0.15) is 11.9 Å².